The van der Waals surface area contributed by atoms with Crippen molar-refractivity contribution in [2.75, 3.05) is 0 Å². The molecule has 0 radical (unpaired) electrons. The lowest BCUT2D eigenvalue weighted by atomic mass is 9.98. The van der Waals surface area contributed by atoms with Gasteiger partial charge in [-0.25, -0.2) is 9.48 Å². The number of fused-ring (bicyclic) bond motifs is 1. The van der Waals surface area contributed by atoms with E-state index in [9.17, 15) is 4.79 Å². The molecule has 1 aromatic heterocycles. The van der Waals surface area contributed by atoms with Gasteiger partial charge in [-0.3, -0.25) is 0 Å². The quantitative estimate of drug-likeness (QED) is 0.626. The first-order valence-corrected chi connectivity index (χ1v) is 9.15. The molecule has 0 spiro atoms. The summed E-state index contributed by atoms with van der Waals surface area (Å²) in [4.78, 5) is 12.6. The fraction of sp³-hybridized carbons (Fsp3) is 0.238. The first kappa shape index (κ1) is 17.6. The summed E-state index contributed by atoms with van der Waals surface area (Å²) in [6.45, 7) is 3.86. The largest absolute Gasteiger partial charge is 0.478 e. The highest BCUT2D eigenvalue weighted by molar-refractivity contribution is 6.30. The summed E-state index contributed by atoms with van der Waals surface area (Å²) >= 11 is 6.49. The smallest absolute Gasteiger partial charge is 0.348 e. The predicted octanol–water partition coefficient (Wildman–Crippen LogP) is 4.44. The van der Waals surface area contributed by atoms with Crippen molar-refractivity contribution in [1.82, 2.24) is 9.78 Å². The summed E-state index contributed by atoms with van der Waals surface area (Å²) in [6, 6.07) is 17.3. The van der Waals surface area contributed by atoms with E-state index in [0.717, 1.165) is 22.7 Å². The lowest BCUT2D eigenvalue weighted by molar-refractivity contribution is -0.153. The number of halogens is 1. The van der Waals surface area contributed by atoms with Gasteiger partial charge >= 0.3 is 5.97 Å². The summed E-state index contributed by atoms with van der Waals surface area (Å²) in [7, 11) is 0. The van der Waals surface area contributed by atoms with Gasteiger partial charge < -0.3 is 9.47 Å². The van der Waals surface area contributed by atoms with Gasteiger partial charge in [0.1, 0.15) is 17.5 Å². The van der Waals surface area contributed by atoms with Crippen molar-refractivity contribution in [3.8, 4) is 11.4 Å². The van der Waals surface area contributed by atoms with Crippen LogP contribution in [0.4, 0.5) is 0 Å². The zero-order valence-corrected chi connectivity index (χ0v) is 15.8. The van der Waals surface area contributed by atoms with E-state index in [2.05, 4.69) is 5.10 Å². The number of hydrogen-bond donors (Lipinski definition) is 0. The Morgan fingerprint density at radius 2 is 1.89 bits per heavy atom. The monoisotopic (exact) mass is 382 g/mol. The van der Waals surface area contributed by atoms with Crippen LogP contribution in [0.5, 0.6) is 5.75 Å². The molecule has 3 aromatic rings. The number of carbonyl (C=O) groups is 1. The summed E-state index contributed by atoms with van der Waals surface area (Å²) in [5, 5.41) is 4.91. The van der Waals surface area contributed by atoms with Crippen LogP contribution in [0, 0.1) is 6.92 Å². The number of aromatic nitrogens is 2. The normalized spacial score (nSPS) is 18.0. The Hall–Kier alpha value is -2.79. The summed E-state index contributed by atoms with van der Waals surface area (Å²) in [5.41, 5.74) is 3.29. The highest BCUT2D eigenvalue weighted by Crippen LogP contribution is 2.38. The van der Waals surface area contributed by atoms with Gasteiger partial charge in [0.05, 0.1) is 11.4 Å². The molecule has 138 valence electrons. The molecule has 0 fully saturated rings. The first-order valence-electron chi connectivity index (χ1n) is 8.78. The molecule has 0 saturated heterocycles. The van der Waals surface area contributed by atoms with Crippen molar-refractivity contribution in [1.29, 1.82) is 0 Å². The van der Waals surface area contributed by atoms with E-state index in [0.29, 0.717) is 10.7 Å². The molecule has 6 heteroatoms. The summed E-state index contributed by atoms with van der Waals surface area (Å²) in [6.07, 6.45) is -0.648. The number of aryl methyl sites for hydroxylation is 1. The Bertz CT molecular complexity index is 984. The van der Waals surface area contributed by atoms with Crippen LogP contribution < -0.4 is 4.74 Å². The average Bonchev–Trinajstić information content (AvgIpc) is 3.17. The van der Waals surface area contributed by atoms with E-state index in [1.165, 1.54) is 0 Å². The zero-order chi connectivity index (χ0) is 19.0. The lowest BCUT2D eigenvalue weighted by Gasteiger charge is -2.14. The number of para-hydroxylation sites is 2. The second kappa shape index (κ2) is 7.08. The van der Waals surface area contributed by atoms with Crippen molar-refractivity contribution in [3.63, 3.8) is 0 Å². The van der Waals surface area contributed by atoms with Crippen LogP contribution in [0.1, 0.15) is 29.7 Å². The van der Waals surface area contributed by atoms with Gasteiger partial charge in [0.15, 0.2) is 0 Å². The lowest BCUT2D eigenvalue weighted by Crippen LogP contribution is -2.29. The van der Waals surface area contributed by atoms with Crippen molar-refractivity contribution < 1.29 is 14.3 Å². The number of rotatable bonds is 4. The molecule has 0 aliphatic carbocycles. The molecule has 0 bridgehead atoms. The number of esters is 1. The first-order chi connectivity index (χ1) is 13.1. The van der Waals surface area contributed by atoms with Gasteiger partial charge in [0.2, 0.25) is 6.10 Å². The number of nitrogens with zero attached hydrogens (tertiary/aromatic N) is 2. The molecule has 2 unspecified atom stereocenters. The molecule has 2 heterocycles. The van der Waals surface area contributed by atoms with Crippen LogP contribution >= 0.6 is 11.6 Å². The van der Waals surface area contributed by atoms with E-state index in [4.69, 9.17) is 21.1 Å². The molecule has 0 saturated carbocycles. The van der Waals surface area contributed by atoms with Gasteiger partial charge in [-0.05, 0) is 25.1 Å². The fourth-order valence-corrected chi connectivity index (χ4v) is 3.61. The van der Waals surface area contributed by atoms with Crippen molar-refractivity contribution in [3.05, 3.63) is 76.6 Å². The Labute approximate surface area is 162 Å². The highest BCUT2D eigenvalue weighted by Gasteiger charge is 2.37. The van der Waals surface area contributed by atoms with Crippen LogP contribution in [0.25, 0.3) is 5.69 Å². The van der Waals surface area contributed by atoms with Crippen LogP contribution in [-0.4, -0.2) is 21.9 Å². The maximum absolute atomic E-state index is 12.6. The van der Waals surface area contributed by atoms with Gasteiger partial charge in [-0.2, -0.15) is 5.10 Å². The second-order valence-corrected chi connectivity index (χ2v) is 6.93. The molecule has 0 amide bonds. The Morgan fingerprint density at radius 1 is 1.19 bits per heavy atom. The number of benzene rings is 2. The Kier molecular flexibility index (Phi) is 4.62. The number of carbonyl (C=O) groups excluding carboxylic acids is 1. The van der Waals surface area contributed by atoms with Crippen LogP contribution in [0.15, 0.2) is 54.6 Å². The molecule has 1 aliphatic rings. The Balaban J connectivity index is 1.48. The fourth-order valence-electron chi connectivity index (χ4n) is 3.28. The molecule has 27 heavy (non-hydrogen) atoms. The SMILES string of the molecule is Cc1nn(-c2ccccc2)c(Cl)c1COC(=O)C1Oc2ccccc2C1C. The minimum Gasteiger partial charge on any atom is -0.478 e. The van der Waals surface area contributed by atoms with Gasteiger partial charge in [0, 0.05) is 17.0 Å². The molecule has 5 nitrogen and oxygen atoms in total. The average molecular weight is 383 g/mol. The number of hydrogen-bond acceptors (Lipinski definition) is 4. The molecule has 2 aromatic carbocycles. The molecule has 0 N–H and O–H groups in total. The maximum Gasteiger partial charge on any atom is 0.348 e. The van der Waals surface area contributed by atoms with E-state index < -0.39 is 12.1 Å². The second-order valence-electron chi connectivity index (χ2n) is 6.57. The topological polar surface area (TPSA) is 53.4 Å². The summed E-state index contributed by atoms with van der Waals surface area (Å²) in [5.74, 6) is 0.275. The standard InChI is InChI=1S/C21H19ClN2O3/c1-13-16-10-6-7-11-18(16)27-19(13)21(25)26-12-17-14(2)23-24(20(17)22)15-8-4-3-5-9-15/h3-11,13,19H,12H2,1-2H3. The molecule has 4 rings (SSSR count). The van der Waals surface area contributed by atoms with E-state index in [1.54, 1.807) is 4.68 Å². The van der Waals surface area contributed by atoms with Crippen LogP contribution in [0.2, 0.25) is 5.15 Å². The predicted molar refractivity (Wildman–Crippen MR) is 102 cm³/mol. The molecular formula is C21H19ClN2O3. The maximum atomic E-state index is 12.6. The minimum atomic E-state index is -0.648. The van der Waals surface area contributed by atoms with Crippen molar-refractivity contribution in [2.24, 2.45) is 0 Å². The van der Waals surface area contributed by atoms with Gasteiger partial charge in [-0.15, -0.1) is 0 Å². The third-order valence-electron chi connectivity index (χ3n) is 4.83. The highest BCUT2D eigenvalue weighted by atomic mass is 35.5. The third kappa shape index (κ3) is 3.19. The van der Waals surface area contributed by atoms with Gasteiger partial charge in [0.25, 0.3) is 0 Å². The molecule has 1 aliphatic heterocycles. The van der Waals surface area contributed by atoms with Crippen LogP contribution in [0.3, 0.4) is 0 Å². The minimum absolute atomic E-state index is 0.0548. The zero-order valence-electron chi connectivity index (χ0n) is 15.1. The van der Waals surface area contributed by atoms with E-state index in [1.807, 2.05) is 68.4 Å². The molecular weight excluding hydrogens is 364 g/mol. The van der Waals surface area contributed by atoms with Crippen molar-refractivity contribution in [2.45, 2.75) is 32.5 Å². The van der Waals surface area contributed by atoms with Gasteiger partial charge in [-0.1, -0.05) is 54.9 Å². The van der Waals surface area contributed by atoms with E-state index in [-0.39, 0.29) is 12.5 Å². The third-order valence-corrected chi connectivity index (χ3v) is 5.22. The van der Waals surface area contributed by atoms with E-state index >= 15 is 0 Å². The van der Waals surface area contributed by atoms with Crippen LogP contribution in [-0.2, 0) is 16.1 Å². The number of ether oxygens (including phenoxy) is 2. The van der Waals surface area contributed by atoms with Crippen molar-refractivity contribution >= 4 is 17.6 Å². The molecule has 2 atom stereocenters. The Morgan fingerprint density at radius 3 is 2.63 bits per heavy atom. The summed E-state index contributed by atoms with van der Waals surface area (Å²) < 4.78 is 12.9.